The molecule has 0 aliphatic carbocycles. The van der Waals surface area contributed by atoms with E-state index in [1.807, 2.05) is 19.1 Å². The van der Waals surface area contributed by atoms with Crippen molar-refractivity contribution < 1.29 is 13.9 Å². The Balaban J connectivity index is 1.80. The zero-order valence-electron chi connectivity index (χ0n) is 14.6. The highest BCUT2D eigenvalue weighted by Gasteiger charge is 2.25. The molecule has 0 spiro atoms. The molecule has 1 aliphatic rings. The van der Waals surface area contributed by atoms with Crippen molar-refractivity contribution in [1.29, 1.82) is 0 Å². The standard InChI is InChI=1S/C19H17Cl2N3O3/c1-12-2-5-18(27-12)16-11-17(19(25)23-6-8-26-9-7-23)24(22-16)13-3-4-14(20)15(21)10-13/h2-5,10-11H,6-9H2,1H3. The molecule has 27 heavy (non-hydrogen) atoms. The second kappa shape index (κ2) is 7.38. The average molecular weight is 406 g/mol. The first-order valence-electron chi connectivity index (χ1n) is 8.52. The van der Waals surface area contributed by atoms with Gasteiger partial charge in [0.25, 0.3) is 5.91 Å². The molecule has 0 saturated carbocycles. The van der Waals surface area contributed by atoms with E-state index in [0.717, 1.165) is 5.76 Å². The van der Waals surface area contributed by atoms with Gasteiger partial charge in [-0.25, -0.2) is 4.68 Å². The van der Waals surface area contributed by atoms with Crippen LogP contribution in [-0.2, 0) is 4.74 Å². The summed E-state index contributed by atoms with van der Waals surface area (Å²) in [5, 5.41) is 5.43. The number of aryl methyl sites for hydroxylation is 1. The van der Waals surface area contributed by atoms with Crippen molar-refractivity contribution in [3.63, 3.8) is 0 Å². The fraction of sp³-hybridized carbons (Fsp3) is 0.263. The number of amides is 1. The normalized spacial score (nSPS) is 14.6. The summed E-state index contributed by atoms with van der Waals surface area (Å²) in [5.41, 5.74) is 1.65. The summed E-state index contributed by atoms with van der Waals surface area (Å²) in [6, 6.07) is 10.6. The van der Waals surface area contributed by atoms with E-state index < -0.39 is 0 Å². The van der Waals surface area contributed by atoms with Gasteiger partial charge in [-0.15, -0.1) is 0 Å². The van der Waals surface area contributed by atoms with Gasteiger partial charge in [0.05, 0.1) is 28.9 Å². The Kier molecular flexibility index (Phi) is 4.95. The number of halogens is 2. The van der Waals surface area contributed by atoms with Crippen LogP contribution in [0.2, 0.25) is 10.0 Å². The van der Waals surface area contributed by atoms with Gasteiger partial charge in [0.15, 0.2) is 5.76 Å². The molecule has 0 radical (unpaired) electrons. The summed E-state index contributed by atoms with van der Waals surface area (Å²) < 4.78 is 12.6. The van der Waals surface area contributed by atoms with Crippen LogP contribution in [0.3, 0.4) is 0 Å². The third kappa shape index (κ3) is 3.60. The van der Waals surface area contributed by atoms with Crippen LogP contribution >= 0.6 is 23.2 Å². The van der Waals surface area contributed by atoms with Crippen LogP contribution in [0.25, 0.3) is 17.1 Å². The summed E-state index contributed by atoms with van der Waals surface area (Å²) in [6.45, 7) is 3.99. The molecule has 6 nitrogen and oxygen atoms in total. The van der Waals surface area contributed by atoms with Crippen molar-refractivity contribution >= 4 is 29.1 Å². The van der Waals surface area contributed by atoms with Gasteiger partial charge in [-0.05, 0) is 37.3 Å². The maximum absolute atomic E-state index is 13.1. The average Bonchev–Trinajstić information content (AvgIpc) is 3.30. The molecule has 3 aromatic rings. The molecule has 2 aromatic heterocycles. The summed E-state index contributed by atoms with van der Waals surface area (Å²) >= 11 is 12.2. The molecule has 1 amide bonds. The first-order chi connectivity index (χ1) is 13.0. The Morgan fingerprint density at radius 2 is 1.85 bits per heavy atom. The van der Waals surface area contributed by atoms with Crippen LogP contribution in [0, 0.1) is 6.92 Å². The molecule has 0 unspecified atom stereocenters. The molecule has 1 fully saturated rings. The fourth-order valence-electron chi connectivity index (χ4n) is 2.97. The van der Waals surface area contributed by atoms with Crippen LogP contribution in [0.15, 0.2) is 40.8 Å². The zero-order valence-corrected chi connectivity index (χ0v) is 16.1. The van der Waals surface area contributed by atoms with Crippen molar-refractivity contribution in [1.82, 2.24) is 14.7 Å². The van der Waals surface area contributed by atoms with E-state index in [1.54, 1.807) is 33.8 Å². The second-order valence-electron chi connectivity index (χ2n) is 6.24. The molecular weight excluding hydrogens is 389 g/mol. The highest BCUT2D eigenvalue weighted by atomic mass is 35.5. The van der Waals surface area contributed by atoms with Crippen molar-refractivity contribution in [3.05, 3.63) is 57.9 Å². The van der Waals surface area contributed by atoms with E-state index in [4.69, 9.17) is 32.4 Å². The Morgan fingerprint density at radius 1 is 1.07 bits per heavy atom. The van der Waals surface area contributed by atoms with E-state index in [2.05, 4.69) is 5.10 Å². The monoisotopic (exact) mass is 405 g/mol. The van der Waals surface area contributed by atoms with Crippen LogP contribution in [0.1, 0.15) is 16.2 Å². The lowest BCUT2D eigenvalue weighted by Gasteiger charge is -2.26. The molecule has 1 saturated heterocycles. The molecule has 0 atom stereocenters. The maximum atomic E-state index is 13.1. The summed E-state index contributed by atoms with van der Waals surface area (Å²) in [4.78, 5) is 14.9. The highest BCUT2D eigenvalue weighted by Crippen LogP contribution is 2.28. The largest absolute Gasteiger partial charge is 0.460 e. The van der Waals surface area contributed by atoms with E-state index in [9.17, 15) is 4.79 Å². The van der Waals surface area contributed by atoms with E-state index in [-0.39, 0.29) is 5.91 Å². The van der Waals surface area contributed by atoms with Crippen LogP contribution < -0.4 is 0 Å². The van der Waals surface area contributed by atoms with Gasteiger partial charge in [-0.3, -0.25) is 4.79 Å². The minimum Gasteiger partial charge on any atom is -0.460 e. The summed E-state index contributed by atoms with van der Waals surface area (Å²) in [5.74, 6) is 1.25. The second-order valence-corrected chi connectivity index (χ2v) is 7.05. The zero-order chi connectivity index (χ0) is 19.0. The number of hydrogen-bond donors (Lipinski definition) is 0. The Bertz CT molecular complexity index is 990. The molecular formula is C19H17Cl2N3O3. The SMILES string of the molecule is Cc1ccc(-c2cc(C(=O)N3CCOCC3)n(-c3ccc(Cl)c(Cl)c3)n2)o1. The topological polar surface area (TPSA) is 60.5 Å². The number of furan rings is 1. The molecule has 0 bridgehead atoms. The van der Waals surface area contributed by atoms with Crippen molar-refractivity contribution in [3.8, 4) is 17.1 Å². The van der Waals surface area contributed by atoms with Gasteiger partial charge in [-0.1, -0.05) is 23.2 Å². The number of ether oxygens (including phenoxy) is 1. The van der Waals surface area contributed by atoms with Crippen molar-refractivity contribution in [2.24, 2.45) is 0 Å². The van der Waals surface area contributed by atoms with Gasteiger partial charge in [0, 0.05) is 19.2 Å². The third-order valence-electron chi connectivity index (χ3n) is 4.37. The minimum absolute atomic E-state index is 0.119. The number of rotatable bonds is 3. The van der Waals surface area contributed by atoms with Crippen LogP contribution in [0.5, 0.6) is 0 Å². The van der Waals surface area contributed by atoms with E-state index in [0.29, 0.717) is 59.2 Å². The smallest absolute Gasteiger partial charge is 0.272 e. The molecule has 3 heterocycles. The number of nitrogens with zero attached hydrogens (tertiary/aromatic N) is 3. The maximum Gasteiger partial charge on any atom is 0.272 e. The quantitative estimate of drug-likeness (QED) is 0.654. The van der Waals surface area contributed by atoms with E-state index in [1.165, 1.54) is 0 Å². The minimum atomic E-state index is -0.119. The number of carbonyl (C=O) groups excluding carboxylic acids is 1. The predicted octanol–water partition coefficient (Wildman–Crippen LogP) is 4.22. The number of hydrogen-bond acceptors (Lipinski definition) is 4. The summed E-state index contributed by atoms with van der Waals surface area (Å²) in [7, 11) is 0. The Morgan fingerprint density at radius 3 is 2.52 bits per heavy atom. The molecule has 1 aliphatic heterocycles. The lowest BCUT2D eigenvalue weighted by Crippen LogP contribution is -2.41. The van der Waals surface area contributed by atoms with Gasteiger partial charge in [0.2, 0.25) is 0 Å². The predicted molar refractivity (Wildman–Crippen MR) is 103 cm³/mol. The first-order valence-corrected chi connectivity index (χ1v) is 9.28. The van der Waals surface area contributed by atoms with Gasteiger partial charge < -0.3 is 14.1 Å². The number of aromatic nitrogens is 2. The van der Waals surface area contributed by atoms with Crippen LogP contribution in [0.4, 0.5) is 0 Å². The molecule has 140 valence electrons. The Labute approximate surface area is 166 Å². The third-order valence-corrected chi connectivity index (χ3v) is 5.11. The fourth-order valence-corrected chi connectivity index (χ4v) is 3.26. The number of benzene rings is 1. The summed E-state index contributed by atoms with van der Waals surface area (Å²) in [6.07, 6.45) is 0. The Hall–Kier alpha value is -2.28. The molecule has 4 rings (SSSR count). The van der Waals surface area contributed by atoms with E-state index >= 15 is 0 Å². The number of carbonyl (C=O) groups is 1. The molecule has 0 N–H and O–H groups in total. The van der Waals surface area contributed by atoms with Crippen molar-refractivity contribution in [2.45, 2.75) is 6.92 Å². The number of morpholine rings is 1. The molecule has 1 aromatic carbocycles. The van der Waals surface area contributed by atoms with Crippen molar-refractivity contribution in [2.75, 3.05) is 26.3 Å². The lowest BCUT2D eigenvalue weighted by atomic mass is 10.2. The van der Waals surface area contributed by atoms with Gasteiger partial charge in [-0.2, -0.15) is 5.10 Å². The first kappa shape index (κ1) is 18.1. The van der Waals surface area contributed by atoms with Crippen LogP contribution in [-0.4, -0.2) is 46.9 Å². The van der Waals surface area contributed by atoms with Gasteiger partial charge >= 0.3 is 0 Å². The highest BCUT2D eigenvalue weighted by molar-refractivity contribution is 6.42. The molecule has 8 heteroatoms. The lowest BCUT2D eigenvalue weighted by molar-refractivity contribution is 0.0297. The van der Waals surface area contributed by atoms with Gasteiger partial charge in [0.1, 0.15) is 17.1 Å².